The summed E-state index contributed by atoms with van der Waals surface area (Å²) in [7, 11) is 0. The summed E-state index contributed by atoms with van der Waals surface area (Å²) in [6, 6.07) is 14.2. The number of fused-ring (bicyclic) bond motifs is 1. The van der Waals surface area contributed by atoms with Crippen molar-refractivity contribution in [3.8, 4) is 0 Å². The normalized spacial score (nSPS) is 16.6. The van der Waals surface area contributed by atoms with Gasteiger partial charge in [0.15, 0.2) is 5.01 Å². The average molecular weight is 649 g/mol. The standard InChI is InChI=1S/C34H44N6O5S/c1-20(2)16-26(38-33(45)29(21(3)4)40-28(41)19-35-18-22-10-6-5-7-11-22)32(44)37-25(17-23-14-15-36-31(23)43)30(42)34-39-24-12-8-9-13-27(24)46-34/h5-13,20-21,23,25-26,29,35H,14-19H2,1-4H3,(H,36,43)(H,37,44)(H,38,45)(H,40,41)/t23-,25-,26-,29-/m0/s1. The van der Waals surface area contributed by atoms with Crippen molar-refractivity contribution in [1.82, 2.24) is 31.6 Å². The zero-order valence-electron chi connectivity index (χ0n) is 26.8. The van der Waals surface area contributed by atoms with Gasteiger partial charge in [-0.05, 0) is 48.8 Å². The first-order valence-corrected chi connectivity index (χ1v) is 16.7. The van der Waals surface area contributed by atoms with Crippen LogP contribution in [0.2, 0.25) is 0 Å². The smallest absolute Gasteiger partial charge is 0.243 e. The molecule has 11 nitrogen and oxygen atoms in total. The Balaban J connectivity index is 1.45. The second-order valence-electron chi connectivity index (χ2n) is 12.5. The van der Waals surface area contributed by atoms with Crippen LogP contribution in [0.5, 0.6) is 0 Å². The van der Waals surface area contributed by atoms with E-state index in [1.54, 1.807) is 0 Å². The number of hydrogen-bond donors (Lipinski definition) is 5. The molecule has 246 valence electrons. The number of ketones is 1. The minimum absolute atomic E-state index is 0.0194. The Morgan fingerprint density at radius 1 is 0.913 bits per heavy atom. The lowest BCUT2D eigenvalue weighted by atomic mass is 9.94. The Bertz CT molecular complexity index is 1490. The Hall–Kier alpha value is -4.16. The quantitative estimate of drug-likeness (QED) is 0.149. The number of para-hydroxylation sites is 1. The number of hydrogen-bond acceptors (Lipinski definition) is 8. The van der Waals surface area contributed by atoms with Crippen molar-refractivity contribution >= 4 is 51.0 Å². The molecule has 2 heterocycles. The largest absolute Gasteiger partial charge is 0.356 e. The predicted octanol–water partition coefficient (Wildman–Crippen LogP) is 2.95. The van der Waals surface area contributed by atoms with E-state index in [1.807, 2.05) is 82.3 Å². The lowest BCUT2D eigenvalue weighted by Gasteiger charge is -2.27. The fraction of sp³-hybridized carbons (Fsp3) is 0.471. The molecule has 0 radical (unpaired) electrons. The van der Waals surface area contributed by atoms with E-state index >= 15 is 0 Å². The third kappa shape index (κ3) is 9.67. The van der Waals surface area contributed by atoms with Gasteiger partial charge in [-0.15, -0.1) is 11.3 Å². The molecule has 1 fully saturated rings. The highest BCUT2D eigenvalue weighted by atomic mass is 32.1. The molecular formula is C34H44N6O5S. The van der Waals surface area contributed by atoms with Crippen LogP contribution in [0.25, 0.3) is 10.2 Å². The Morgan fingerprint density at radius 2 is 1.61 bits per heavy atom. The van der Waals surface area contributed by atoms with Gasteiger partial charge in [-0.2, -0.15) is 0 Å². The third-order valence-electron chi connectivity index (χ3n) is 7.88. The number of carbonyl (C=O) groups excluding carboxylic acids is 5. The number of amides is 4. The summed E-state index contributed by atoms with van der Waals surface area (Å²) in [4.78, 5) is 70.8. The maximum Gasteiger partial charge on any atom is 0.243 e. The molecule has 4 amide bonds. The van der Waals surface area contributed by atoms with E-state index in [2.05, 4.69) is 31.6 Å². The van der Waals surface area contributed by atoms with Gasteiger partial charge in [0.05, 0.1) is 22.8 Å². The molecular weight excluding hydrogens is 604 g/mol. The zero-order valence-corrected chi connectivity index (χ0v) is 27.6. The Labute approximate surface area is 273 Å². The Kier molecular flexibility index (Phi) is 12.4. The number of rotatable bonds is 16. The SMILES string of the molecule is CC(C)C[C@H](NC(=O)[C@@H](NC(=O)CNCc1ccccc1)C(C)C)C(=O)N[C@@H](C[C@@H]1CCNC1=O)C(=O)c1nc2ccccc2s1. The van der Waals surface area contributed by atoms with Crippen LogP contribution < -0.4 is 26.6 Å². The molecule has 1 aliphatic heterocycles. The summed E-state index contributed by atoms with van der Waals surface area (Å²) < 4.78 is 0.844. The fourth-order valence-electron chi connectivity index (χ4n) is 5.42. The number of thiazole rings is 1. The van der Waals surface area contributed by atoms with Gasteiger partial charge in [-0.3, -0.25) is 24.0 Å². The van der Waals surface area contributed by atoms with Crippen LogP contribution in [0.1, 0.15) is 62.3 Å². The Morgan fingerprint density at radius 3 is 2.26 bits per heavy atom. The van der Waals surface area contributed by atoms with Gasteiger partial charge in [0.1, 0.15) is 12.1 Å². The average Bonchev–Trinajstić information content (AvgIpc) is 3.64. The first-order valence-electron chi connectivity index (χ1n) is 15.8. The molecule has 5 N–H and O–H groups in total. The van der Waals surface area contributed by atoms with Crippen molar-refractivity contribution in [2.75, 3.05) is 13.1 Å². The summed E-state index contributed by atoms with van der Waals surface area (Å²) in [5, 5.41) is 14.6. The predicted molar refractivity (Wildman–Crippen MR) is 178 cm³/mol. The zero-order chi connectivity index (χ0) is 33.2. The van der Waals surface area contributed by atoms with Gasteiger partial charge in [-0.1, -0.05) is 70.2 Å². The molecule has 4 atom stereocenters. The van der Waals surface area contributed by atoms with Crippen LogP contribution >= 0.6 is 11.3 Å². The molecule has 0 aliphatic carbocycles. The van der Waals surface area contributed by atoms with Gasteiger partial charge < -0.3 is 26.6 Å². The van der Waals surface area contributed by atoms with E-state index in [9.17, 15) is 24.0 Å². The highest BCUT2D eigenvalue weighted by molar-refractivity contribution is 7.20. The lowest BCUT2D eigenvalue weighted by Crippen LogP contribution is -2.58. The number of benzene rings is 2. The molecule has 4 rings (SSSR count). The molecule has 0 spiro atoms. The van der Waals surface area contributed by atoms with E-state index in [0.717, 1.165) is 10.3 Å². The lowest BCUT2D eigenvalue weighted by molar-refractivity contribution is -0.133. The van der Waals surface area contributed by atoms with E-state index in [-0.39, 0.29) is 47.4 Å². The number of Topliss-reactive ketones (excluding diaryl/α,β-unsaturated/α-hetero) is 1. The maximum absolute atomic E-state index is 13.8. The van der Waals surface area contributed by atoms with E-state index in [4.69, 9.17) is 0 Å². The van der Waals surface area contributed by atoms with Gasteiger partial charge >= 0.3 is 0 Å². The fourth-order valence-corrected chi connectivity index (χ4v) is 6.39. The van der Waals surface area contributed by atoms with Crippen molar-refractivity contribution in [3.05, 3.63) is 65.2 Å². The maximum atomic E-state index is 13.8. The molecule has 1 aromatic heterocycles. The number of nitrogens with zero attached hydrogens (tertiary/aromatic N) is 1. The van der Waals surface area contributed by atoms with E-state index in [0.29, 0.717) is 31.4 Å². The van der Waals surface area contributed by atoms with Gasteiger partial charge in [-0.25, -0.2) is 4.98 Å². The summed E-state index contributed by atoms with van der Waals surface area (Å²) in [5.41, 5.74) is 1.71. The summed E-state index contributed by atoms with van der Waals surface area (Å²) in [5.74, 6) is -2.55. The minimum Gasteiger partial charge on any atom is -0.356 e. The second kappa shape index (κ2) is 16.4. The number of carbonyl (C=O) groups is 5. The number of aromatic nitrogens is 1. The van der Waals surface area contributed by atoms with E-state index < -0.39 is 35.9 Å². The molecule has 0 saturated carbocycles. The molecule has 3 aromatic rings. The second-order valence-corrected chi connectivity index (χ2v) is 13.5. The van der Waals surface area contributed by atoms with Gasteiger partial charge in [0.25, 0.3) is 0 Å². The highest BCUT2D eigenvalue weighted by Crippen LogP contribution is 2.25. The van der Waals surface area contributed by atoms with Gasteiger partial charge in [0, 0.05) is 19.0 Å². The molecule has 0 bridgehead atoms. The molecule has 1 aliphatic rings. The van der Waals surface area contributed by atoms with Crippen LogP contribution in [0, 0.1) is 17.8 Å². The number of nitrogens with one attached hydrogen (secondary N) is 5. The topological polar surface area (TPSA) is 158 Å². The van der Waals surface area contributed by atoms with E-state index in [1.165, 1.54) is 11.3 Å². The van der Waals surface area contributed by atoms with Gasteiger partial charge in [0.2, 0.25) is 29.4 Å². The van der Waals surface area contributed by atoms with Crippen LogP contribution in [-0.4, -0.2) is 65.6 Å². The minimum atomic E-state index is -1.01. The monoisotopic (exact) mass is 648 g/mol. The first-order chi connectivity index (χ1) is 22.0. The van der Waals surface area contributed by atoms with Crippen LogP contribution in [0.15, 0.2) is 54.6 Å². The first kappa shape index (κ1) is 34.7. The summed E-state index contributed by atoms with van der Waals surface area (Å²) in [6.07, 6.45) is 0.983. The van der Waals surface area contributed by atoms with Crippen molar-refractivity contribution in [2.24, 2.45) is 17.8 Å². The molecule has 2 aromatic carbocycles. The summed E-state index contributed by atoms with van der Waals surface area (Å²) in [6.45, 7) is 8.53. The van der Waals surface area contributed by atoms with Crippen molar-refractivity contribution in [2.45, 2.75) is 71.6 Å². The third-order valence-corrected chi connectivity index (χ3v) is 8.93. The summed E-state index contributed by atoms with van der Waals surface area (Å²) >= 11 is 1.24. The molecule has 12 heteroatoms. The molecule has 1 saturated heterocycles. The highest BCUT2D eigenvalue weighted by Gasteiger charge is 2.35. The van der Waals surface area contributed by atoms with Crippen LogP contribution in [0.3, 0.4) is 0 Å². The van der Waals surface area contributed by atoms with Crippen molar-refractivity contribution < 1.29 is 24.0 Å². The van der Waals surface area contributed by atoms with Crippen molar-refractivity contribution in [1.29, 1.82) is 0 Å². The molecule has 0 unspecified atom stereocenters. The molecule has 46 heavy (non-hydrogen) atoms. The van der Waals surface area contributed by atoms with Crippen molar-refractivity contribution in [3.63, 3.8) is 0 Å². The van der Waals surface area contributed by atoms with Crippen LogP contribution in [0.4, 0.5) is 0 Å². The van der Waals surface area contributed by atoms with Crippen LogP contribution in [-0.2, 0) is 25.7 Å².